The van der Waals surface area contributed by atoms with Gasteiger partial charge in [0.05, 0.1) is 17.1 Å². The molecule has 0 atom stereocenters. The average molecular weight is 303 g/mol. The van der Waals surface area contributed by atoms with Crippen molar-refractivity contribution < 1.29 is 19.4 Å². The van der Waals surface area contributed by atoms with E-state index in [1.807, 2.05) is 5.38 Å². The van der Waals surface area contributed by atoms with Gasteiger partial charge in [0.15, 0.2) is 0 Å². The maximum absolute atomic E-state index is 11.6. The van der Waals surface area contributed by atoms with Crippen LogP contribution in [0.1, 0.15) is 15.2 Å². The minimum Gasteiger partial charge on any atom is -0.546 e. The molecule has 2 aromatic rings. The minimum absolute atomic E-state index is 0.268. The van der Waals surface area contributed by atoms with Crippen LogP contribution in [-0.2, 0) is 4.79 Å². The number of rotatable bonds is 6. The topological polar surface area (TPSA) is 90.8 Å². The molecule has 0 radical (unpaired) electrons. The highest BCUT2D eigenvalue weighted by Gasteiger charge is 2.03. The number of aliphatic carboxylic acids is 1. The van der Waals surface area contributed by atoms with Crippen LogP contribution in [0.2, 0.25) is 0 Å². The fourth-order valence-electron chi connectivity index (χ4n) is 1.42. The van der Waals surface area contributed by atoms with Crippen LogP contribution in [0, 0.1) is 0 Å². The second-order valence-electron chi connectivity index (χ2n) is 3.91. The molecule has 0 spiro atoms. The quantitative estimate of drug-likeness (QED) is 0.626. The molecule has 0 fully saturated rings. The number of nitrogens with one attached hydrogen (secondary N) is 1. The van der Waals surface area contributed by atoms with Gasteiger partial charge >= 0.3 is 0 Å². The first-order valence-electron chi connectivity index (χ1n) is 5.95. The van der Waals surface area contributed by atoms with Crippen LogP contribution in [0.4, 0.5) is 0 Å². The average Bonchev–Trinajstić information content (AvgIpc) is 3.00. The van der Waals surface area contributed by atoms with Crippen molar-refractivity contribution in [3.8, 4) is 5.75 Å². The second-order valence-corrected chi connectivity index (χ2v) is 4.85. The zero-order chi connectivity index (χ0) is 15.1. The molecule has 2 rings (SSSR count). The summed E-state index contributed by atoms with van der Waals surface area (Å²) in [6.07, 6.45) is 1.48. The van der Waals surface area contributed by atoms with E-state index < -0.39 is 12.6 Å². The second kappa shape index (κ2) is 7.20. The van der Waals surface area contributed by atoms with Crippen molar-refractivity contribution >= 4 is 29.4 Å². The molecule has 0 unspecified atom stereocenters. The highest BCUT2D eigenvalue weighted by Crippen LogP contribution is 2.11. The zero-order valence-corrected chi connectivity index (χ0v) is 11.6. The Bertz CT molecular complexity index is 636. The predicted molar refractivity (Wildman–Crippen MR) is 76.3 cm³/mol. The van der Waals surface area contributed by atoms with E-state index >= 15 is 0 Å². The lowest BCUT2D eigenvalue weighted by Gasteiger charge is -2.06. The maximum Gasteiger partial charge on any atom is 0.281 e. The van der Waals surface area contributed by atoms with E-state index in [1.165, 1.54) is 17.6 Å². The van der Waals surface area contributed by atoms with Crippen molar-refractivity contribution in [2.75, 3.05) is 6.61 Å². The van der Waals surface area contributed by atoms with Gasteiger partial charge in [0.2, 0.25) is 0 Å². The third-order valence-corrected chi connectivity index (χ3v) is 3.23. The maximum atomic E-state index is 11.6. The number of hydrazone groups is 1. The highest BCUT2D eigenvalue weighted by atomic mass is 32.1. The van der Waals surface area contributed by atoms with Gasteiger partial charge in [-0.2, -0.15) is 5.10 Å². The largest absolute Gasteiger partial charge is 0.546 e. The Morgan fingerprint density at radius 1 is 1.29 bits per heavy atom. The van der Waals surface area contributed by atoms with Crippen LogP contribution >= 0.6 is 11.3 Å². The molecule has 0 aliphatic carbocycles. The molecule has 0 saturated heterocycles. The molecule has 0 saturated carbocycles. The highest BCUT2D eigenvalue weighted by molar-refractivity contribution is 7.12. The molecule has 0 aliphatic heterocycles. The Morgan fingerprint density at radius 3 is 2.67 bits per heavy atom. The van der Waals surface area contributed by atoms with Gasteiger partial charge in [0.25, 0.3) is 5.91 Å². The summed E-state index contributed by atoms with van der Waals surface area (Å²) in [7, 11) is 0. The first-order chi connectivity index (χ1) is 10.1. The summed E-state index contributed by atoms with van der Waals surface area (Å²) in [4.78, 5) is 22.4. The van der Waals surface area contributed by atoms with E-state index in [1.54, 1.807) is 36.4 Å². The third kappa shape index (κ3) is 4.73. The van der Waals surface area contributed by atoms with Crippen LogP contribution < -0.4 is 15.3 Å². The standard InChI is InChI=1S/C14H12N2O4S/c17-13(18)9-20-11-5-3-10(4-6-11)8-15-16-14(19)12-2-1-7-21-12/h1-8H,9H2,(H,16,19)(H,17,18)/p-1/b15-8-. The summed E-state index contributed by atoms with van der Waals surface area (Å²) < 4.78 is 4.94. The molecule has 0 bridgehead atoms. The Morgan fingerprint density at radius 2 is 2.05 bits per heavy atom. The molecule has 7 heteroatoms. The fourth-order valence-corrected chi connectivity index (χ4v) is 2.03. The number of hydrogen-bond acceptors (Lipinski definition) is 6. The lowest BCUT2D eigenvalue weighted by Crippen LogP contribution is -2.28. The molecule has 21 heavy (non-hydrogen) atoms. The number of ether oxygens (including phenoxy) is 1. The SMILES string of the molecule is O=C([O-])COc1ccc(/C=N\NC(=O)c2cccs2)cc1. The Labute approximate surface area is 124 Å². The summed E-state index contributed by atoms with van der Waals surface area (Å²) in [5.41, 5.74) is 3.15. The molecule has 1 heterocycles. The van der Waals surface area contributed by atoms with Crippen LogP contribution in [0.5, 0.6) is 5.75 Å². The number of benzene rings is 1. The number of thiophene rings is 1. The molecule has 1 amide bonds. The van der Waals surface area contributed by atoms with Crippen molar-refractivity contribution in [2.24, 2.45) is 5.10 Å². The van der Waals surface area contributed by atoms with Crippen molar-refractivity contribution in [3.63, 3.8) is 0 Å². The predicted octanol–water partition coefficient (Wildman–Crippen LogP) is 0.641. The van der Waals surface area contributed by atoms with Gasteiger partial charge in [-0.25, -0.2) is 5.43 Å². The molecular weight excluding hydrogens is 292 g/mol. The monoisotopic (exact) mass is 303 g/mol. The number of carbonyl (C=O) groups excluding carboxylic acids is 2. The van der Waals surface area contributed by atoms with Gasteiger partial charge in [-0.3, -0.25) is 4.79 Å². The molecular formula is C14H11N2O4S-. The van der Waals surface area contributed by atoms with Crippen molar-refractivity contribution in [2.45, 2.75) is 0 Å². The Balaban J connectivity index is 1.86. The van der Waals surface area contributed by atoms with Crippen LogP contribution in [0.15, 0.2) is 46.9 Å². The normalized spacial score (nSPS) is 10.5. The van der Waals surface area contributed by atoms with Gasteiger partial charge < -0.3 is 14.6 Å². The zero-order valence-electron chi connectivity index (χ0n) is 10.8. The number of carboxylic acids is 1. The van der Waals surface area contributed by atoms with Gasteiger partial charge in [-0.05, 0) is 41.3 Å². The molecule has 1 aromatic carbocycles. The van der Waals surface area contributed by atoms with Crippen LogP contribution in [0.3, 0.4) is 0 Å². The van der Waals surface area contributed by atoms with Gasteiger partial charge in [-0.15, -0.1) is 11.3 Å². The molecule has 108 valence electrons. The number of amides is 1. The first-order valence-corrected chi connectivity index (χ1v) is 6.83. The smallest absolute Gasteiger partial charge is 0.281 e. The van der Waals surface area contributed by atoms with Crippen LogP contribution in [-0.4, -0.2) is 24.7 Å². The van der Waals surface area contributed by atoms with E-state index in [0.29, 0.717) is 10.6 Å². The van der Waals surface area contributed by atoms with E-state index in [9.17, 15) is 14.7 Å². The summed E-state index contributed by atoms with van der Waals surface area (Å²) in [6.45, 7) is -0.496. The first kappa shape index (κ1) is 14.7. The van der Waals surface area contributed by atoms with Crippen molar-refractivity contribution in [1.82, 2.24) is 5.43 Å². The minimum atomic E-state index is -1.28. The van der Waals surface area contributed by atoms with Crippen molar-refractivity contribution in [1.29, 1.82) is 0 Å². The van der Waals surface area contributed by atoms with Crippen LogP contribution in [0.25, 0.3) is 0 Å². The van der Waals surface area contributed by atoms with Gasteiger partial charge in [0, 0.05) is 0 Å². The van der Waals surface area contributed by atoms with Crippen molar-refractivity contribution in [3.05, 3.63) is 52.2 Å². The van der Waals surface area contributed by atoms with E-state index in [-0.39, 0.29) is 5.91 Å². The molecule has 1 N–H and O–H groups in total. The number of hydrogen-bond donors (Lipinski definition) is 1. The number of carboxylic acid groups (broad SMARTS) is 1. The summed E-state index contributed by atoms with van der Waals surface area (Å²) in [5, 5.41) is 15.9. The molecule has 0 aliphatic rings. The van der Waals surface area contributed by atoms with E-state index in [2.05, 4.69) is 10.5 Å². The molecule has 1 aromatic heterocycles. The summed E-state index contributed by atoms with van der Waals surface area (Å²) >= 11 is 1.33. The third-order valence-electron chi connectivity index (χ3n) is 2.36. The van der Waals surface area contributed by atoms with Gasteiger partial charge in [0.1, 0.15) is 12.4 Å². The Kier molecular flexibility index (Phi) is 5.05. The summed E-state index contributed by atoms with van der Waals surface area (Å²) in [6, 6.07) is 10.1. The Hall–Kier alpha value is -2.67. The fraction of sp³-hybridized carbons (Fsp3) is 0.0714. The van der Waals surface area contributed by atoms with E-state index in [4.69, 9.17) is 4.74 Å². The number of carbonyl (C=O) groups is 2. The summed E-state index contributed by atoms with van der Waals surface area (Å²) in [5.74, 6) is -1.13. The lowest BCUT2D eigenvalue weighted by atomic mass is 10.2. The van der Waals surface area contributed by atoms with E-state index in [0.717, 1.165) is 5.56 Å². The number of nitrogens with zero attached hydrogens (tertiary/aromatic N) is 1. The lowest BCUT2D eigenvalue weighted by molar-refractivity contribution is -0.307. The van der Waals surface area contributed by atoms with Gasteiger partial charge in [-0.1, -0.05) is 6.07 Å². The molecule has 6 nitrogen and oxygen atoms in total.